The molecule has 0 saturated carbocycles. The Bertz CT molecular complexity index is 807. The Kier molecular flexibility index (Phi) is 6.41. The van der Waals surface area contributed by atoms with E-state index in [1.54, 1.807) is 44.2 Å². The van der Waals surface area contributed by atoms with E-state index in [1.165, 1.54) is 18.2 Å². The molecule has 7 nitrogen and oxygen atoms in total. The molecular formula is C20H23NO6. The molecule has 5 N–H and O–H groups in total. The second kappa shape index (κ2) is 8.55. The number of carboxylic acids is 1. The lowest BCUT2D eigenvalue weighted by atomic mass is 9.79. The lowest BCUT2D eigenvalue weighted by molar-refractivity contribution is -0.139. The molecule has 0 radical (unpaired) electrons. The van der Waals surface area contributed by atoms with E-state index in [0.717, 1.165) is 0 Å². The minimum atomic E-state index is -1.29. The number of hydrogen-bond donors (Lipinski definition) is 4. The summed E-state index contributed by atoms with van der Waals surface area (Å²) < 4.78 is 5.49. The van der Waals surface area contributed by atoms with Crippen molar-refractivity contribution in [3.63, 3.8) is 0 Å². The van der Waals surface area contributed by atoms with Crippen molar-refractivity contribution in [3.8, 4) is 11.5 Å². The van der Waals surface area contributed by atoms with Crippen molar-refractivity contribution < 1.29 is 29.6 Å². The number of phenols is 2. The third-order valence-corrected chi connectivity index (χ3v) is 4.67. The predicted molar refractivity (Wildman–Crippen MR) is 98.6 cm³/mol. The highest BCUT2D eigenvalue weighted by atomic mass is 16.5. The molecule has 0 amide bonds. The van der Waals surface area contributed by atoms with Crippen LogP contribution >= 0.6 is 0 Å². The van der Waals surface area contributed by atoms with Gasteiger partial charge in [-0.25, -0.2) is 4.79 Å². The van der Waals surface area contributed by atoms with Gasteiger partial charge in [0.2, 0.25) is 0 Å². The van der Waals surface area contributed by atoms with E-state index in [1.807, 2.05) is 0 Å². The van der Waals surface area contributed by atoms with Crippen molar-refractivity contribution >= 4 is 11.9 Å². The predicted octanol–water partition coefficient (Wildman–Crippen LogP) is 2.47. The van der Waals surface area contributed by atoms with Gasteiger partial charge >= 0.3 is 11.9 Å². The van der Waals surface area contributed by atoms with Crippen molar-refractivity contribution in [2.24, 2.45) is 11.7 Å². The van der Waals surface area contributed by atoms with Crippen molar-refractivity contribution in [1.82, 2.24) is 0 Å². The van der Waals surface area contributed by atoms with Crippen molar-refractivity contribution in [1.29, 1.82) is 0 Å². The summed E-state index contributed by atoms with van der Waals surface area (Å²) in [6.07, 6.45) is -0.649. The number of aromatic hydroxyl groups is 2. The van der Waals surface area contributed by atoms with Crippen molar-refractivity contribution in [2.75, 3.05) is 0 Å². The number of carbonyl (C=O) groups is 2. The Morgan fingerprint density at radius 1 is 1.00 bits per heavy atom. The monoisotopic (exact) mass is 373 g/mol. The molecule has 27 heavy (non-hydrogen) atoms. The van der Waals surface area contributed by atoms with E-state index in [4.69, 9.17) is 10.5 Å². The van der Waals surface area contributed by atoms with E-state index in [-0.39, 0.29) is 11.5 Å². The van der Waals surface area contributed by atoms with Crippen LogP contribution in [0.15, 0.2) is 48.5 Å². The lowest BCUT2D eigenvalue weighted by Crippen LogP contribution is -2.42. The van der Waals surface area contributed by atoms with E-state index >= 15 is 0 Å². The minimum absolute atomic E-state index is 0.322. The number of hydrogen-bond acceptors (Lipinski definition) is 6. The smallest absolute Gasteiger partial charge is 0.338 e. The van der Waals surface area contributed by atoms with Gasteiger partial charge < -0.3 is 25.8 Å². The zero-order chi connectivity index (χ0) is 20.1. The van der Waals surface area contributed by atoms with Gasteiger partial charge in [0, 0.05) is 11.8 Å². The average Bonchev–Trinajstić information content (AvgIpc) is 2.65. The first-order valence-electron chi connectivity index (χ1n) is 8.48. The number of esters is 1. The van der Waals surface area contributed by atoms with Gasteiger partial charge in [-0.2, -0.15) is 0 Å². The summed E-state index contributed by atoms with van der Waals surface area (Å²) >= 11 is 0. The Morgan fingerprint density at radius 3 is 2.19 bits per heavy atom. The Morgan fingerprint density at radius 2 is 1.63 bits per heavy atom. The lowest BCUT2D eigenvalue weighted by Gasteiger charge is -2.31. The van der Waals surface area contributed by atoms with Crippen LogP contribution in [0.4, 0.5) is 0 Å². The van der Waals surface area contributed by atoms with Crippen LogP contribution < -0.4 is 5.73 Å². The largest absolute Gasteiger partial charge is 0.504 e. The molecule has 4 atom stereocenters. The minimum Gasteiger partial charge on any atom is -0.504 e. The fourth-order valence-electron chi connectivity index (χ4n) is 2.95. The molecule has 144 valence electrons. The Balaban J connectivity index is 2.27. The molecule has 0 bridgehead atoms. The summed E-state index contributed by atoms with van der Waals surface area (Å²) in [6.45, 7) is 3.38. The van der Waals surface area contributed by atoms with E-state index in [2.05, 4.69) is 0 Å². The summed E-state index contributed by atoms with van der Waals surface area (Å²) in [7, 11) is 0. The topological polar surface area (TPSA) is 130 Å². The normalized spacial score (nSPS) is 15.4. The first kappa shape index (κ1) is 20.3. The molecule has 0 aliphatic carbocycles. The summed E-state index contributed by atoms with van der Waals surface area (Å²) in [6, 6.07) is 11.2. The maximum atomic E-state index is 12.3. The molecule has 2 aromatic rings. The second-order valence-electron chi connectivity index (χ2n) is 6.47. The van der Waals surface area contributed by atoms with Crippen LogP contribution in [0.3, 0.4) is 0 Å². The van der Waals surface area contributed by atoms with Crippen molar-refractivity contribution in [2.45, 2.75) is 31.9 Å². The average molecular weight is 373 g/mol. The third kappa shape index (κ3) is 4.77. The van der Waals surface area contributed by atoms with Crippen LogP contribution in [0.25, 0.3) is 0 Å². The zero-order valence-electron chi connectivity index (χ0n) is 15.1. The first-order valence-corrected chi connectivity index (χ1v) is 8.48. The number of aliphatic carboxylic acids is 1. The number of ether oxygens (including phenoxy) is 1. The molecular weight excluding hydrogens is 350 g/mol. The van der Waals surface area contributed by atoms with Crippen molar-refractivity contribution in [3.05, 3.63) is 59.7 Å². The number of nitrogens with two attached hydrogens (primary N) is 1. The van der Waals surface area contributed by atoms with Crippen LogP contribution in [-0.2, 0) is 9.53 Å². The van der Waals surface area contributed by atoms with Crippen LogP contribution in [0.2, 0.25) is 0 Å². The third-order valence-electron chi connectivity index (χ3n) is 4.67. The number of carbonyl (C=O) groups excluding carboxylic acids is 1. The molecule has 0 saturated heterocycles. The first-order chi connectivity index (χ1) is 12.7. The second-order valence-corrected chi connectivity index (χ2v) is 6.47. The van der Waals surface area contributed by atoms with E-state index in [0.29, 0.717) is 11.1 Å². The molecule has 0 aromatic heterocycles. The quantitative estimate of drug-likeness (QED) is 0.433. The highest BCUT2D eigenvalue weighted by Gasteiger charge is 2.35. The number of carboxylic acid groups (broad SMARTS) is 1. The van der Waals surface area contributed by atoms with E-state index < -0.39 is 35.9 Å². The standard InChI is InChI=1S/C20H23NO6/c1-11(12(2)27-20(26)13-6-4-3-5-7-13)17(18(21)19(24)25)14-8-9-15(22)16(23)10-14/h3-12,17-18,22-23H,21H2,1-2H3,(H,24,25)/t11-,12+,17?,18+/m1/s1. The summed E-state index contributed by atoms with van der Waals surface area (Å²) in [5.41, 5.74) is 6.69. The molecule has 0 spiro atoms. The molecule has 1 unspecified atom stereocenters. The molecule has 0 aliphatic rings. The van der Waals surface area contributed by atoms with Gasteiger partial charge in [0.1, 0.15) is 12.1 Å². The highest BCUT2D eigenvalue weighted by molar-refractivity contribution is 5.89. The maximum absolute atomic E-state index is 12.3. The molecule has 0 heterocycles. The summed E-state index contributed by atoms with van der Waals surface area (Å²) in [5, 5.41) is 28.6. The van der Waals surface area contributed by atoms with Gasteiger partial charge in [0.05, 0.1) is 5.56 Å². The van der Waals surface area contributed by atoms with Gasteiger partial charge in [0.25, 0.3) is 0 Å². The fraction of sp³-hybridized carbons (Fsp3) is 0.300. The fourth-order valence-corrected chi connectivity index (χ4v) is 2.95. The highest BCUT2D eigenvalue weighted by Crippen LogP contribution is 2.35. The Labute approximate surface area is 157 Å². The van der Waals surface area contributed by atoms with Gasteiger partial charge in [0.15, 0.2) is 11.5 Å². The van der Waals surface area contributed by atoms with Crippen LogP contribution in [0.5, 0.6) is 11.5 Å². The van der Waals surface area contributed by atoms with Gasteiger partial charge in [-0.3, -0.25) is 4.79 Å². The Hall–Kier alpha value is -3.06. The number of phenolic OH excluding ortho intramolecular Hbond substituents is 2. The summed E-state index contributed by atoms with van der Waals surface area (Å²) in [5.74, 6) is -3.68. The number of rotatable bonds is 7. The van der Waals surface area contributed by atoms with Crippen LogP contribution in [0, 0.1) is 5.92 Å². The van der Waals surface area contributed by atoms with Gasteiger partial charge in [-0.1, -0.05) is 31.2 Å². The molecule has 2 rings (SSSR count). The van der Waals surface area contributed by atoms with Crippen LogP contribution in [0.1, 0.15) is 35.7 Å². The number of benzene rings is 2. The summed E-state index contributed by atoms with van der Waals surface area (Å²) in [4.78, 5) is 23.8. The van der Waals surface area contributed by atoms with Crippen LogP contribution in [-0.4, -0.2) is 39.4 Å². The maximum Gasteiger partial charge on any atom is 0.338 e. The van der Waals surface area contributed by atoms with Gasteiger partial charge in [-0.15, -0.1) is 0 Å². The molecule has 2 aromatic carbocycles. The van der Waals surface area contributed by atoms with E-state index in [9.17, 15) is 24.9 Å². The van der Waals surface area contributed by atoms with Gasteiger partial charge in [-0.05, 0) is 36.8 Å². The molecule has 0 aliphatic heterocycles. The SMILES string of the molecule is C[C@H](OC(=O)c1ccccc1)[C@@H](C)C(c1ccc(O)c(O)c1)[C@H](N)C(=O)O. The molecule has 7 heteroatoms. The molecule has 0 fully saturated rings. The zero-order valence-corrected chi connectivity index (χ0v) is 15.1.